The average Bonchev–Trinajstić information content (AvgIpc) is 2.47. The van der Waals surface area contributed by atoms with Gasteiger partial charge in [-0.2, -0.15) is 0 Å². The molecule has 1 amide bonds. The smallest absolute Gasteiger partial charge is 0.231 e. The molecular weight excluding hydrogens is 264 g/mol. The van der Waals surface area contributed by atoms with Crippen LogP contribution in [0.2, 0.25) is 0 Å². The SMILES string of the molecule is COCC1(C(=O)N2CCC(C(C)(C)C)CC2)CCNCC1. The number of carbonyl (C=O) groups is 1. The molecule has 0 aromatic carbocycles. The maximum atomic E-state index is 13.0. The molecule has 4 heteroatoms. The molecule has 1 N–H and O–H groups in total. The standard InChI is InChI=1S/C17H32N2O2/c1-16(2,3)14-5-11-19(12-6-14)15(20)17(13-21-4)7-9-18-10-8-17/h14,18H,5-13H2,1-4H3. The summed E-state index contributed by atoms with van der Waals surface area (Å²) < 4.78 is 5.40. The van der Waals surface area contributed by atoms with Crippen molar-refractivity contribution in [1.82, 2.24) is 10.2 Å². The molecular formula is C17H32N2O2. The Morgan fingerprint density at radius 2 is 1.81 bits per heavy atom. The highest BCUT2D eigenvalue weighted by atomic mass is 16.5. The van der Waals surface area contributed by atoms with E-state index in [1.54, 1.807) is 7.11 Å². The third kappa shape index (κ3) is 3.78. The lowest BCUT2D eigenvalue weighted by Gasteiger charge is -2.44. The topological polar surface area (TPSA) is 41.6 Å². The lowest BCUT2D eigenvalue weighted by Crippen LogP contribution is -2.53. The van der Waals surface area contributed by atoms with Crippen LogP contribution >= 0.6 is 0 Å². The summed E-state index contributed by atoms with van der Waals surface area (Å²) in [5, 5.41) is 3.36. The zero-order valence-electron chi connectivity index (χ0n) is 14.2. The van der Waals surface area contributed by atoms with E-state index in [2.05, 4.69) is 31.0 Å². The molecule has 122 valence electrons. The first kappa shape index (κ1) is 16.8. The van der Waals surface area contributed by atoms with Crippen molar-refractivity contribution in [3.63, 3.8) is 0 Å². The van der Waals surface area contributed by atoms with Crippen molar-refractivity contribution in [3.05, 3.63) is 0 Å². The molecule has 21 heavy (non-hydrogen) atoms. The largest absolute Gasteiger partial charge is 0.384 e. The molecule has 0 aromatic rings. The molecule has 2 saturated heterocycles. The van der Waals surface area contributed by atoms with Gasteiger partial charge in [0, 0.05) is 20.2 Å². The van der Waals surface area contributed by atoms with Crippen LogP contribution in [0, 0.1) is 16.7 Å². The van der Waals surface area contributed by atoms with E-state index in [9.17, 15) is 4.79 Å². The summed E-state index contributed by atoms with van der Waals surface area (Å²) in [6.45, 7) is 11.2. The summed E-state index contributed by atoms with van der Waals surface area (Å²) in [4.78, 5) is 15.1. The van der Waals surface area contributed by atoms with Crippen molar-refractivity contribution in [1.29, 1.82) is 0 Å². The molecule has 2 aliphatic heterocycles. The van der Waals surface area contributed by atoms with E-state index in [0.29, 0.717) is 17.9 Å². The van der Waals surface area contributed by atoms with Gasteiger partial charge in [-0.25, -0.2) is 0 Å². The Morgan fingerprint density at radius 3 is 2.29 bits per heavy atom. The molecule has 0 atom stereocenters. The predicted molar refractivity (Wildman–Crippen MR) is 85.2 cm³/mol. The summed E-state index contributed by atoms with van der Waals surface area (Å²) in [6.07, 6.45) is 4.07. The second-order valence-electron chi connectivity index (χ2n) is 7.90. The number of methoxy groups -OCH3 is 1. The number of hydrogen-bond donors (Lipinski definition) is 1. The van der Waals surface area contributed by atoms with Gasteiger partial charge in [-0.3, -0.25) is 4.79 Å². The number of rotatable bonds is 3. The number of piperidine rings is 2. The minimum absolute atomic E-state index is 0.283. The Balaban J connectivity index is 1.99. The number of nitrogens with one attached hydrogen (secondary N) is 1. The van der Waals surface area contributed by atoms with Crippen LogP contribution in [-0.2, 0) is 9.53 Å². The highest BCUT2D eigenvalue weighted by Gasteiger charge is 2.43. The third-order valence-corrected chi connectivity index (χ3v) is 5.44. The van der Waals surface area contributed by atoms with E-state index in [0.717, 1.165) is 57.8 Å². The van der Waals surface area contributed by atoms with Crippen molar-refractivity contribution in [2.45, 2.75) is 46.5 Å². The quantitative estimate of drug-likeness (QED) is 0.869. The minimum Gasteiger partial charge on any atom is -0.384 e. The Morgan fingerprint density at radius 1 is 1.24 bits per heavy atom. The van der Waals surface area contributed by atoms with Crippen LogP contribution < -0.4 is 5.32 Å². The highest BCUT2D eigenvalue weighted by Crippen LogP contribution is 2.37. The van der Waals surface area contributed by atoms with Crippen LogP contribution in [0.3, 0.4) is 0 Å². The van der Waals surface area contributed by atoms with Crippen LogP contribution in [-0.4, -0.2) is 50.7 Å². The monoisotopic (exact) mass is 296 g/mol. The van der Waals surface area contributed by atoms with Crippen LogP contribution in [0.1, 0.15) is 46.5 Å². The second kappa shape index (κ2) is 6.66. The molecule has 2 aliphatic rings. The molecule has 2 heterocycles. The van der Waals surface area contributed by atoms with Gasteiger partial charge in [-0.15, -0.1) is 0 Å². The first-order valence-electron chi connectivity index (χ1n) is 8.38. The lowest BCUT2D eigenvalue weighted by molar-refractivity contribution is -0.149. The van der Waals surface area contributed by atoms with Gasteiger partial charge < -0.3 is 15.0 Å². The predicted octanol–water partition coefficient (Wildman–Crippen LogP) is 2.29. The van der Waals surface area contributed by atoms with E-state index in [1.165, 1.54) is 0 Å². The summed E-state index contributed by atoms with van der Waals surface area (Å²) >= 11 is 0. The zero-order chi connectivity index (χ0) is 15.5. The first-order chi connectivity index (χ1) is 9.89. The Bertz CT molecular complexity index is 343. The van der Waals surface area contributed by atoms with Gasteiger partial charge >= 0.3 is 0 Å². The lowest BCUT2D eigenvalue weighted by atomic mass is 9.74. The summed E-state index contributed by atoms with van der Waals surface area (Å²) in [7, 11) is 1.71. The molecule has 2 fully saturated rings. The van der Waals surface area contributed by atoms with Gasteiger partial charge in [0.15, 0.2) is 0 Å². The number of likely N-dealkylation sites (tertiary alicyclic amines) is 1. The molecule has 0 saturated carbocycles. The molecule has 4 nitrogen and oxygen atoms in total. The normalized spacial score (nSPS) is 24.1. The molecule has 0 bridgehead atoms. The van der Waals surface area contributed by atoms with Crippen molar-refractivity contribution >= 4 is 5.91 Å². The van der Waals surface area contributed by atoms with E-state index in [4.69, 9.17) is 4.74 Å². The second-order valence-corrected chi connectivity index (χ2v) is 7.90. The molecule has 2 rings (SSSR count). The fourth-order valence-electron chi connectivity index (χ4n) is 3.89. The van der Waals surface area contributed by atoms with Crippen LogP contribution in [0.5, 0.6) is 0 Å². The van der Waals surface area contributed by atoms with Crippen LogP contribution in [0.15, 0.2) is 0 Å². The number of amides is 1. The van der Waals surface area contributed by atoms with Gasteiger partial charge in [-0.1, -0.05) is 20.8 Å². The Kier molecular flexibility index (Phi) is 5.31. The van der Waals surface area contributed by atoms with Crippen molar-refractivity contribution in [3.8, 4) is 0 Å². The Hall–Kier alpha value is -0.610. The van der Waals surface area contributed by atoms with Crippen molar-refractivity contribution in [2.24, 2.45) is 16.7 Å². The fourth-order valence-corrected chi connectivity index (χ4v) is 3.89. The first-order valence-corrected chi connectivity index (χ1v) is 8.38. The summed E-state index contributed by atoms with van der Waals surface area (Å²) in [5.41, 5.74) is 0.0721. The maximum absolute atomic E-state index is 13.0. The van der Waals surface area contributed by atoms with Crippen molar-refractivity contribution in [2.75, 3.05) is 39.9 Å². The maximum Gasteiger partial charge on any atom is 0.231 e. The highest BCUT2D eigenvalue weighted by molar-refractivity contribution is 5.83. The Labute approximate surface area is 129 Å². The van der Waals surface area contributed by atoms with E-state index >= 15 is 0 Å². The number of hydrogen-bond acceptors (Lipinski definition) is 3. The fraction of sp³-hybridized carbons (Fsp3) is 0.941. The summed E-state index contributed by atoms with van der Waals surface area (Å²) in [6, 6.07) is 0. The molecule has 0 aromatic heterocycles. The molecule has 0 unspecified atom stereocenters. The summed E-state index contributed by atoms with van der Waals surface area (Å²) in [5.74, 6) is 1.06. The van der Waals surface area contributed by atoms with Gasteiger partial charge in [0.05, 0.1) is 12.0 Å². The third-order valence-electron chi connectivity index (χ3n) is 5.44. The van der Waals surface area contributed by atoms with Crippen molar-refractivity contribution < 1.29 is 9.53 Å². The molecule has 0 aliphatic carbocycles. The number of nitrogens with zero attached hydrogens (tertiary/aromatic N) is 1. The van der Waals surface area contributed by atoms with E-state index < -0.39 is 0 Å². The van der Waals surface area contributed by atoms with Gasteiger partial charge in [0.25, 0.3) is 0 Å². The minimum atomic E-state index is -0.283. The zero-order valence-corrected chi connectivity index (χ0v) is 14.2. The van der Waals surface area contributed by atoms with Gasteiger partial charge in [0.2, 0.25) is 5.91 Å². The average molecular weight is 296 g/mol. The number of ether oxygens (including phenoxy) is 1. The van der Waals surface area contributed by atoms with Crippen LogP contribution in [0.4, 0.5) is 0 Å². The molecule has 0 radical (unpaired) electrons. The molecule has 0 spiro atoms. The van der Waals surface area contributed by atoms with Gasteiger partial charge in [0.1, 0.15) is 0 Å². The van der Waals surface area contributed by atoms with Gasteiger partial charge in [-0.05, 0) is 50.1 Å². The van der Waals surface area contributed by atoms with Crippen LogP contribution in [0.25, 0.3) is 0 Å². The van der Waals surface area contributed by atoms with E-state index in [1.807, 2.05) is 0 Å². The van der Waals surface area contributed by atoms with E-state index in [-0.39, 0.29) is 5.41 Å². The number of carbonyl (C=O) groups excluding carboxylic acids is 1.